The predicted molar refractivity (Wildman–Crippen MR) is 98.0 cm³/mol. The van der Waals surface area contributed by atoms with Crippen LogP contribution in [0.25, 0.3) is 0 Å². The molecule has 130 valence electrons. The van der Waals surface area contributed by atoms with E-state index in [9.17, 15) is 4.79 Å². The topological polar surface area (TPSA) is 67.6 Å². The third-order valence-corrected chi connectivity index (χ3v) is 4.27. The number of nitrogens with one attached hydrogen (secondary N) is 1. The predicted octanol–water partition coefficient (Wildman–Crippen LogP) is 2.58. The lowest BCUT2D eigenvalue weighted by molar-refractivity contribution is -0.126. The molecule has 3 N–H and O–H groups in total. The number of amides is 1. The van der Waals surface area contributed by atoms with E-state index < -0.39 is 0 Å². The minimum Gasteiger partial charge on any atom is -0.370 e. The molecule has 1 aromatic rings. The molecule has 1 aromatic carbocycles. The molecule has 2 saturated heterocycles. The van der Waals surface area contributed by atoms with Crippen molar-refractivity contribution in [3.63, 3.8) is 0 Å². The minimum atomic E-state index is -0.370. The van der Waals surface area contributed by atoms with Gasteiger partial charge in [-0.1, -0.05) is 12.1 Å². The molecule has 2 atom stereocenters. The fraction of sp³-hybridized carbons (Fsp3) is 0.562. The van der Waals surface area contributed by atoms with Crippen LogP contribution in [0.5, 0.6) is 0 Å². The number of carbonyl (C=O) groups is 1. The van der Waals surface area contributed by atoms with Crippen LogP contribution < -0.4 is 16.0 Å². The van der Waals surface area contributed by atoms with Crippen LogP contribution in [0.4, 0.5) is 11.4 Å². The summed E-state index contributed by atoms with van der Waals surface area (Å²) >= 11 is 0. The summed E-state index contributed by atoms with van der Waals surface area (Å²) < 4.78 is 5.66. The Balaban J connectivity index is 0.00000132. The Morgan fingerprint density at radius 1 is 1.22 bits per heavy atom. The van der Waals surface area contributed by atoms with Crippen molar-refractivity contribution in [1.29, 1.82) is 0 Å². The molecular formula is C16H25Cl2N3O2. The number of rotatable bonds is 4. The van der Waals surface area contributed by atoms with E-state index in [1.54, 1.807) is 0 Å². The van der Waals surface area contributed by atoms with Crippen LogP contribution in [0.1, 0.15) is 25.7 Å². The SMILES string of the molecule is Cl.Cl.NC[C@H]1CC[C@@H](C(=O)Nc2ccccc2N2CCCC2)O1. The fourth-order valence-electron chi connectivity index (χ4n) is 3.10. The van der Waals surface area contributed by atoms with Crippen molar-refractivity contribution in [3.8, 4) is 0 Å². The smallest absolute Gasteiger partial charge is 0.253 e. The second-order valence-corrected chi connectivity index (χ2v) is 5.76. The maximum absolute atomic E-state index is 12.3. The summed E-state index contributed by atoms with van der Waals surface area (Å²) in [6.45, 7) is 2.60. The number of para-hydroxylation sites is 2. The number of nitrogens with two attached hydrogens (primary N) is 1. The first-order valence-electron chi connectivity index (χ1n) is 7.78. The lowest BCUT2D eigenvalue weighted by Crippen LogP contribution is -2.30. The van der Waals surface area contributed by atoms with Gasteiger partial charge >= 0.3 is 0 Å². The Kier molecular flexibility index (Phi) is 8.12. The summed E-state index contributed by atoms with van der Waals surface area (Å²) in [7, 11) is 0. The number of hydrogen-bond acceptors (Lipinski definition) is 4. The number of carbonyl (C=O) groups excluding carboxylic acids is 1. The maximum atomic E-state index is 12.3. The molecule has 5 nitrogen and oxygen atoms in total. The van der Waals surface area contributed by atoms with Crippen LogP contribution in [-0.4, -0.2) is 37.7 Å². The van der Waals surface area contributed by atoms with Gasteiger partial charge in [-0.3, -0.25) is 4.79 Å². The quantitative estimate of drug-likeness (QED) is 0.864. The summed E-state index contributed by atoms with van der Waals surface area (Å²) in [5.74, 6) is -0.0578. The van der Waals surface area contributed by atoms with E-state index in [0.717, 1.165) is 37.3 Å². The maximum Gasteiger partial charge on any atom is 0.253 e. The highest BCUT2D eigenvalue weighted by atomic mass is 35.5. The first kappa shape index (κ1) is 20.0. The molecule has 1 amide bonds. The van der Waals surface area contributed by atoms with Crippen LogP contribution in [0.2, 0.25) is 0 Å². The van der Waals surface area contributed by atoms with E-state index in [4.69, 9.17) is 10.5 Å². The zero-order chi connectivity index (χ0) is 14.7. The first-order valence-corrected chi connectivity index (χ1v) is 7.78. The van der Waals surface area contributed by atoms with Crippen molar-refractivity contribution >= 4 is 42.1 Å². The number of halogens is 2. The molecular weight excluding hydrogens is 337 g/mol. The highest BCUT2D eigenvalue weighted by Gasteiger charge is 2.30. The van der Waals surface area contributed by atoms with E-state index in [-0.39, 0.29) is 42.9 Å². The Morgan fingerprint density at radius 2 is 1.91 bits per heavy atom. The zero-order valence-electron chi connectivity index (χ0n) is 13.1. The molecule has 2 heterocycles. The van der Waals surface area contributed by atoms with Crippen molar-refractivity contribution in [3.05, 3.63) is 24.3 Å². The van der Waals surface area contributed by atoms with Crippen LogP contribution in [-0.2, 0) is 9.53 Å². The molecule has 2 aliphatic heterocycles. The Morgan fingerprint density at radius 3 is 2.57 bits per heavy atom. The summed E-state index contributed by atoms with van der Waals surface area (Å²) in [6, 6.07) is 7.99. The van der Waals surface area contributed by atoms with E-state index in [1.807, 2.05) is 18.2 Å². The molecule has 0 unspecified atom stereocenters. The van der Waals surface area contributed by atoms with E-state index in [1.165, 1.54) is 12.8 Å². The van der Waals surface area contributed by atoms with Gasteiger partial charge in [-0.15, -0.1) is 24.8 Å². The van der Waals surface area contributed by atoms with Gasteiger partial charge in [0.05, 0.1) is 17.5 Å². The Hall–Kier alpha value is -1.01. The summed E-state index contributed by atoms with van der Waals surface area (Å²) in [4.78, 5) is 14.7. The average molecular weight is 362 g/mol. The van der Waals surface area contributed by atoms with E-state index in [2.05, 4.69) is 16.3 Å². The van der Waals surface area contributed by atoms with Gasteiger partial charge < -0.3 is 20.7 Å². The summed E-state index contributed by atoms with van der Waals surface area (Å²) in [5, 5.41) is 3.03. The highest BCUT2D eigenvalue weighted by Crippen LogP contribution is 2.29. The standard InChI is InChI=1S/C16H23N3O2.2ClH/c17-11-12-7-8-15(21-12)16(20)18-13-5-1-2-6-14(13)19-9-3-4-10-19;;/h1-2,5-6,12,15H,3-4,7-11,17H2,(H,18,20);2*1H/t12-,15+;;/m1../s1. The fourth-order valence-corrected chi connectivity index (χ4v) is 3.10. The van der Waals surface area contributed by atoms with Crippen LogP contribution >= 0.6 is 24.8 Å². The van der Waals surface area contributed by atoms with Crippen molar-refractivity contribution in [2.45, 2.75) is 37.9 Å². The van der Waals surface area contributed by atoms with Crippen LogP contribution in [0.3, 0.4) is 0 Å². The van der Waals surface area contributed by atoms with Crippen molar-refractivity contribution in [2.75, 3.05) is 29.9 Å². The second kappa shape index (κ2) is 9.33. The van der Waals surface area contributed by atoms with Crippen molar-refractivity contribution < 1.29 is 9.53 Å². The second-order valence-electron chi connectivity index (χ2n) is 5.76. The molecule has 0 bridgehead atoms. The van der Waals surface area contributed by atoms with Gasteiger partial charge in [-0.2, -0.15) is 0 Å². The van der Waals surface area contributed by atoms with E-state index in [0.29, 0.717) is 6.54 Å². The lowest BCUT2D eigenvalue weighted by atomic mass is 10.2. The molecule has 0 saturated carbocycles. The largest absolute Gasteiger partial charge is 0.370 e. The summed E-state index contributed by atoms with van der Waals surface area (Å²) in [6.07, 6.45) is 3.69. The van der Waals surface area contributed by atoms with Crippen LogP contribution in [0.15, 0.2) is 24.3 Å². The molecule has 0 radical (unpaired) electrons. The molecule has 0 aromatic heterocycles. The number of hydrogen-bond donors (Lipinski definition) is 2. The average Bonchev–Trinajstić information content (AvgIpc) is 3.19. The third-order valence-electron chi connectivity index (χ3n) is 4.27. The highest BCUT2D eigenvalue weighted by molar-refractivity contribution is 5.97. The number of benzene rings is 1. The van der Waals surface area contributed by atoms with Gasteiger partial charge in [-0.05, 0) is 37.8 Å². The van der Waals surface area contributed by atoms with E-state index >= 15 is 0 Å². The van der Waals surface area contributed by atoms with Gasteiger partial charge in [0, 0.05) is 19.6 Å². The van der Waals surface area contributed by atoms with Gasteiger partial charge in [0.1, 0.15) is 6.10 Å². The molecule has 0 aliphatic carbocycles. The Bertz CT molecular complexity index is 510. The lowest BCUT2D eigenvalue weighted by Gasteiger charge is -2.22. The molecule has 7 heteroatoms. The monoisotopic (exact) mass is 361 g/mol. The van der Waals surface area contributed by atoms with Crippen molar-refractivity contribution in [2.24, 2.45) is 5.73 Å². The number of nitrogens with zero attached hydrogens (tertiary/aromatic N) is 1. The Labute approximate surface area is 149 Å². The first-order chi connectivity index (χ1) is 10.3. The summed E-state index contributed by atoms with van der Waals surface area (Å²) in [5.41, 5.74) is 7.58. The number of ether oxygens (including phenoxy) is 1. The third kappa shape index (κ3) is 4.73. The van der Waals surface area contributed by atoms with Gasteiger partial charge in [0.15, 0.2) is 0 Å². The van der Waals surface area contributed by atoms with Gasteiger partial charge in [0.2, 0.25) is 0 Å². The van der Waals surface area contributed by atoms with Gasteiger partial charge in [0.25, 0.3) is 5.91 Å². The van der Waals surface area contributed by atoms with Crippen LogP contribution in [0, 0.1) is 0 Å². The normalized spacial score (nSPS) is 23.1. The molecule has 2 fully saturated rings. The molecule has 23 heavy (non-hydrogen) atoms. The van der Waals surface area contributed by atoms with Gasteiger partial charge in [-0.25, -0.2) is 0 Å². The molecule has 3 rings (SSSR count). The minimum absolute atomic E-state index is 0. The molecule has 0 spiro atoms. The zero-order valence-corrected chi connectivity index (χ0v) is 14.7. The number of anilines is 2. The van der Waals surface area contributed by atoms with Crippen molar-refractivity contribution in [1.82, 2.24) is 0 Å². The molecule has 2 aliphatic rings.